The molecular weight excluding hydrogens is 680 g/mol. The minimum absolute atomic E-state index is 0. The van der Waals surface area contributed by atoms with E-state index in [0.717, 1.165) is 22.3 Å². The second-order valence-electron chi connectivity index (χ2n) is 12.6. The van der Waals surface area contributed by atoms with Crippen LogP contribution in [0.25, 0.3) is 21.5 Å². The molecule has 2 nitrogen and oxygen atoms in total. The Kier molecular flexibility index (Phi) is 19.0. The molecular formula is C44H56O2SiZr-4. The van der Waals surface area contributed by atoms with Crippen LogP contribution in [0.3, 0.4) is 0 Å². The van der Waals surface area contributed by atoms with Gasteiger partial charge in [0.15, 0.2) is 0 Å². The molecule has 0 aromatic heterocycles. The van der Waals surface area contributed by atoms with Crippen LogP contribution < -0.4 is 0 Å². The van der Waals surface area contributed by atoms with Crippen LogP contribution >= 0.6 is 0 Å². The van der Waals surface area contributed by atoms with Gasteiger partial charge in [0.25, 0.3) is 0 Å². The van der Waals surface area contributed by atoms with Crippen molar-refractivity contribution in [3.8, 4) is 11.5 Å². The molecule has 256 valence electrons. The molecule has 0 aliphatic rings. The van der Waals surface area contributed by atoms with Crippen molar-refractivity contribution in [3.63, 3.8) is 0 Å². The Labute approximate surface area is 309 Å². The molecule has 6 rings (SSSR count). The van der Waals surface area contributed by atoms with Crippen LogP contribution in [0.5, 0.6) is 11.5 Å². The molecule has 0 aliphatic heterocycles. The van der Waals surface area contributed by atoms with Crippen molar-refractivity contribution in [2.24, 2.45) is 0 Å². The molecule has 0 aliphatic carbocycles. The van der Waals surface area contributed by atoms with Crippen LogP contribution in [0.1, 0.15) is 66.8 Å². The monoisotopic (exact) mass is 734 g/mol. The molecule has 48 heavy (non-hydrogen) atoms. The predicted octanol–water partition coefficient (Wildman–Crippen LogP) is 12.1. The van der Waals surface area contributed by atoms with Gasteiger partial charge in [0, 0.05) is 0 Å². The summed E-state index contributed by atoms with van der Waals surface area (Å²) >= 11 is 1.36. The third-order valence-electron chi connectivity index (χ3n) is 8.21. The Hall–Kier alpha value is -3.20. The summed E-state index contributed by atoms with van der Waals surface area (Å²) in [5.41, 5.74) is 14.5. The Morgan fingerprint density at radius 2 is 0.667 bits per heavy atom. The van der Waals surface area contributed by atoms with Crippen molar-refractivity contribution in [1.29, 1.82) is 0 Å². The van der Waals surface area contributed by atoms with Gasteiger partial charge < -0.3 is 25.1 Å². The van der Waals surface area contributed by atoms with E-state index in [-0.39, 0.29) is 14.9 Å². The van der Waals surface area contributed by atoms with E-state index in [1.807, 2.05) is 65.8 Å². The molecule has 0 heterocycles. The van der Waals surface area contributed by atoms with E-state index in [0.29, 0.717) is 11.5 Å². The van der Waals surface area contributed by atoms with Crippen molar-refractivity contribution >= 4 is 28.4 Å². The molecule has 0 atom stereocenters. The predicted molar refractivity (Wildman–Crippen MR) is 211 cm³/mol. The SMILES string of the molecule is Cc1cc(C)c(O)c(C)c1.Cc1cc(C)c(O)c(C)c1.Cc1cc2c(C)ccc(C)c2[cH-]1.Cc1cc2c(C)ccc(C)c2[cH-]1.[CH3-].[CH3-].[Si]=[Zr]. The van der Waals surface area contributed by atoms with Gasteiger partial charge in [0.05, 0.1) is 0 Å². The average molecular weight is 736 g/mol. The molecule has 0 fully saturated rings. The van der Waals surface area contributed by atoms with Gasteiger partial charge in [-0.25, -0.2) is 0 Å². The third-order valence-corrected chi connectivity index (χ3v) is 8.21. The Bertz CT molecular complexity index is 1660. The second kappa shape index (κ2) is 20.3. The van der Waals surface area contributed by atoms with Crippen molar-refractivity contribution in [3.05, 3.63) is 154 Å². The van der Waals surface area contributed by atoms with Gasteiger partial charge in [-0.05, 0) is 77.6 Å². The molecule has 4 heteroatoms. The number of aryl methyl sites for hydroxylation is 12. The quantitative estimate of drug-likeness (QED) is 0.120. The third kappa shape index (κ3) is 12.0. The first kappa shape index (κ1) is 44.8. The van der Waals surface area contributed by atoms with Crippen molar-refractivity contribution in [2.45, 2.75) is 83.1 Å². The number of rotatable bonds is 0. The Balaban J connectivity index is 0.000000597. The molecule has 0 saturated heterocycles. The molecule has 0 saturated carbocycles. The average Bonchev–Trinajstić information content (AvgIpc) is 3.60. The first-order chi connectivity index (χ1) is 21.6. The molecule has 2 radical (unpaired) electrons. The van der Waals surface area contributed by atoms with Gasteiger partial charge in [0.2, 0.25) is 0 Å². The first-order valence-corrected chi connectivity index (χ1v) is 19.8. The topological polar surface area (TPSA) is 40.5 Å². The molecule has 2 N–H and O–H groups in total. The van der Waals surface area contributed by atoms with E-state index in [1.165, 1.54) is 89.4 Å². The van der Waals surface area contributed by atoms with Crippen LogP contribution in [0.4, 0.5) is 0 Å². The number of phenolic OH excluding ortho intramolecular Hbond substituents is 2. The molecule has 0 bridgehead atoms. The van der Waals surface area contributed by atoms with Crippen molar-refractivity contribution in [1.82, 2.24) is 0 Å². The van der Waals surface area contributed by atoms with E-state index in [2.05, 4.69) is 97.0 Å². The van der Waals surface area contributed by atoms with Gasteiger partial charge in [-0.2, -0.15) is 12.1 Å². The summed E-state index contributed by atoms with van der Waals surface area (Å²) in [5, 5.41) is 24.3. The van der Waals surface area contributed by atoms with E-state index < -0.39 is 0 Å². The number of aromatic hydroxyl groups is 2. The zero-order chi connectivity index (χ0) is 34.9. The molecule has 6 aromatic rings. The standard InChI is InChI=1S/2C12H13.2C9H12O.2CH3.Si.Zr/c2*1-8-6-11-9(2)4-5-10(3)12(11)7-8;2*1-6-4-7(2)9(10)8(3)5-6;;;;/h2*4-7H,1-3H3;2*4-5,10H,1-3H3;2*1H3;;/q2*-1;;;2*-1;;. The van der Waals surface area contributed by atoms with Gasteiger partial charge in [-0.1, -0.05) is 86.3 Å². The van der Waals surface area contributed by atoms with Crippen LogP contribution in [-0.2, 0) is 23.3 Å². The summed E-state index contributed by atoms with van der Waals surface area (Å²) < 4.78 is 0. The molecule has 0 unspecified atom stereocenters. The molecule has 6 aromatic carbocycles. The number of phenols is 2. The fourth-order valence-electron chi connectivity index (χ4n) is 5.81. The van der Waals surface area contributed by atoms with E-state index in [1.54, 1.807) is 0 Å². The summed E-state index contributed by atoms with van der Waals surface area (Å²) in [5.74, 6) is 0.844. The summed E-state index contributed by atoms with van der Waals surface area (Å²) in [6.45, 7) is 27.7. The zero-order valence-corrected chi connectivity index (χ0v) is 35.3. The fourth-order valence-corrected chi connectivity index (χ4v) is 5.81. The van der Waals surface area contributed by atoms with Crippen molar-refractivity contribution in [2.75, 3.05) is 0 Å². The Morgan fingerprint density at radius 1 is 0.417 bits per heavy atom. The summed E-state index contributed by atoms with van der Waals surface area (Å²) in [6, 6.07) is 25.7. The maximum absolute atomic E-state index is 9.33. The maximum atomic E-state index is 9.33. The summed E-state index contributed by atoms with van der Waals surface area (Å²) in [6.07, 6.45) is 0. The van der Waals surface area contributed by atoms with Crippen LogP contribution in [-0.4, -0.2) is 17.1 Å². The fraction of sp³-hybridized carbons (Fsp3) is 0.273. The number of hydrogen-bond acceptors (Lipinski definition) is 2. The normalized spacial score (nSPS) is 9.65. The van der Waals surface area contributed by atoms with Gasteiger partial charge in [-0.3, -0.25) is 0 Å². The van der Waals surface area contributed by atoms with Crippen LogP contribution in [0.15, 0.2) is 72.8 Å². The van der Waals surface area contributed by atoms with Gasteiger partial charge in [0.1, 0.15) is 11.5 Å². The number of fused-ring (bicyclic) bond motifs is 2. The van der Waals surface area contributed by atoms with E-state index >= 15 is 0 Å². The van der Waals surface area contributed by atoms with E-state index in [4.69, 9.17) is 0 Å². The number of hydrogen-bond donors (Lipinski definition) is 2. The minimum atomic E-state index is 0. The molecule has 0 amide bonds. The molecule has 0 spiro atoms. The van der Waals surface area contributed by atoms with Crippen LogP contribution in [0.2, 0.25) is 0 Å². The van der Waals surface area contributed by atoms with Gasteiger partial charge >= 0.3 is 30.2 Å². The summed E-state index contributed by atoms with van der Waals surface area (Å²) in [4.78, 5) is 0. The second-order valence-corrected chi connectivity index (χ2v) is 12.6. The first-order valence-electron chi connectivity index (χ1n) is 15.6. The van der Waals surface area contributed by atoms with Crippen LogP contribution in [0, 0.1) is 97.9 Å². The Morgan fingerprint density at radius 3 is 0.917 bits per heavy atom. The van der Waals surface area contributed by atoms with E-state index in [9.17, 15) is 10.2 Å². The zero-order valence-electron chi connectivity index (χ0n) is 31.8. The van der Waals surface area contributed by atoms with Gasteiger partial charge in [-0.15, -0.1) is 68.1 Å². The summed E-state index contributed by atoms with van der Waals surface area (Å²) in [7, 11) is 0. The van der Waals surface area contributed by atoms with Crippen molar-refractivity contribution < 1.29 is 33.5 Å². The number of benzene rings is 4.